The number of rotatable bonds is 8. The zero-order valence-corrected chi connectivity index (χ0v) is 20.4. The highest BCUT2D eigenvalue weighted by Crippen LogP contribution is 2.38. The first-order valence-electron chi connectivity index (χ1n) is 11.1. The van der Waals surface area contributed by atoms with E-state index >= 15 is 0 Å². The molecule has 1 atom stereocenters. The van der Waals surface area contributed by atoms with E-state index in [1.165, 1.54) is 4.90 Å². The molecule has 2 aromatic rings. The van der Waals surface area contributed by atoms with Gasteiger partial charge in [0.25, 0.3) is 5.91 Å². The van der Waals surface area contributed by atoms with Crippen molar-refractivity contribution in [3.05, 3.63) is 40.1 Å². The number of carbonyl (C=O) groups excluding carboxylic acids is 2. The molecule has 4 rings (SSSR count). The molecule has 2 aliphatic heterocycles. The minimum absolute atomic E-state index is 0.0809. The van der Waals surface area contributed by atoms with Crippen LogP contribution in [0.1, 0.15) is 30.9 Å². The van der Waals surface area contributed by atoms with Gasteiger partial charge in [0.1, 0.15) is 22.8 Å². The molecule has 0 spiro atoms. The molecule has 1 aromatic heterocycles. The SMILES string of the molecule is COc1cc(OC)c(CN2CCC(C3(C)NC(=O)N(Cc4ccsc4)C3=O)CC2)c(OC)c1. The number of likely N-dealkylation sites (tertiary alicyclic amines) is 1. The van der Waals surface area contributed by atoms with Crippen LogP contribution in [-0.2, 0) is 17.9 Å². The number of urea groups is 1. The van der Waals surface area contributed by atoms with Crippen molar-refractivity contribution < 1.29 is 23.8 Å². The van der Waals surface area contributed by atoms with E-state index in [2.05, 4.69) is 10.2 Å². The molecule has 0 bridgehead atoms. The number of hydrogen-bond donors (Lipinski definition) is 1. The third kappa shape index (κ3) is 4.52. The topological polar surface area (TPSA) is 80.3 Å². The maximum atomic E-state index is 13.3. The molecule has 178 valence electrons. The number of nitrogens with zero attached hydrogens (tertiary/aromatic N) is 2. The van der Waals surface area contributed by atoms with Crippen LogP contribution in [0.4, 0.5) is 4.79 Å². The van der Waals surface area contributed by atoms with Gasteiger partial charge in [-0.05, 0) is 61.2 Å². The van der Waals surface area contributed by atoms with Crippen molar-refractivity contribution >= 4 is 23.3 Å². The van der Waals surface area contributed by atoms with Crippen molar-refractivity contribution in [1.82, 2.24) is 15.1 Å². The van der Waals surface area contributed by atoms with Gasteiger partial charge < -0.3 is 19.5 Å². The highest BCUT2D eigenvalue weighted by molar-refractivity contribution is 7.07. The van der Waals surface area contributed by atoms with E-state index in [4.69, 9.17) is 14.2 Å². The number of ether oxygens (including phenoxy) is 3. The quantitative estimate of drug-likeness (QED) is 0.591. The monoisotopic (exact) mass is 473 g/mol. The number of amides is 3. The third-order valence-electron chi connectivity index (χ3n) is 6.82. The van der Waals surface area contributed by atoms with Crippen LogP contribution in [0, 0.1) is 5.92 Å². The van der Waals surface area contributed by atoms with Gasteiger partial charge in [-0.2, -0.15) is 11.3 Å². The highest BCUT2D eigenvalue weighted by atomic mass is 32.1. The maximum Gasteiger partial charge on any atom is 0.325 e. The second-order valence-corrected chi connectivity index (χ2v) is 9.50. The fraction of sp³-hybridized carbons (Fsp3) is 0.500. The highest BCUT2D eigenvalue weighted by Gasteiger charge is 2.52. The molecule has 3 amide bonds. The van der Waals surface area contributed by atoms with Crippen LogP contribution in [0.25, 0.3) is 0 Å². The van der Waals surface area contributed by atoms with Gasteiger partial charge >= 0.3 is 6.03 Å². The number of thiophene rings is 1. The third-order valence-corrected chi connectivity index (χ3v) is 7.56. The van der Waals surface area contributed by atoms with E-state index in [-0.39, 0.29) is 17.9 Å². The Labute approximate surface area is 198 Å². The first-order chi connectivity index (χ1) is 15.9. The van der Waals surface area contributed by atoms with Crippen LogP contribution in [0.5, 0.6) is 17.2 Å². The van der Waals surface area contributed by atoms with Crippen LogP contribution in [0.2, 0.25) is 0 Å². The van der Waals surface area contributed by atoms with Crippen molar-refractivity contribution in [3.63, 3.8) is 0 Å². The lowest BCUT2D eigenvalue weighted by Crippen LogP contribution is -2.53. The molecule has 2 fully saturated rings. The first kappa shape index (κ1) is 23.4. The van der Waals surface area contributed by atoms with E-state index in [1.54, 1.807) is 32.7 Å². The van der Waals surface area contributed by atoms with E-state index in [9.17, 15) is 9.59 Å². The number of imide groups is 1. The van der Waals surface area contributed by atoms with Gasteiger partial charge in [-0.25, -0.2) is 4.79 Å². The van der Waals surface area contributed by atoms with Crippen LogP contribution in [0.15, 0.2) is 29.0 Å². The van der Waals surface area contributed by atoms with Crippen molar-refractivity contribution in [1.29, 1.82) is 0 Å². The normalized spacial score (nSPS) is 21.9. The lowest BCUT2D eigenvalue weighted by molar-refractivity contribution is -0.133. The van der Waals surface area contributed by atoms with E-state index in [0.29, 0.717) is 18.8 Å². The smallest absolute Gasteiger partial charge is 0.325 e. The lowest BCUT2D eigenvalue weighted by atomic mass is 9.78. The number of methoxy groups -OCH3 is 3. The second kappa shape index (κ2) is 9.61. The molecule has 1 aromatic carbocycles. The number of carbonyl (C=O) groups is 2. The Bertz CT molecular complexity index is 979. The number of benzene rings is 1. The molecule has 8 nitrogen and oxygen atoms in total. The van der Waals surface area contributed by atoms with Gasteiger partial charge in [0.2, 0.25) is 0 Å². The summed E-state index contributed by atoms with van der Waals surface area (Å²) >= 11 is 1.56. The summed E-state index contributed by atoms with van der Waals surface area (Å²) in [6.45, 7) is 4.49. The van der Waals surface area contributed by atoms with E-state index in [1.807, 2.05) is 35.9 Å². The van der Waals surface area contributed by atoms with Crippen molar-refractivity contribution in [3.8, 4) is 17.2 Å². The molecule has 9 heteroatoms. The fourth-order valence-corrected chi connectivity index (χ4v) is 5.49. The number of piperidine rings is 1. The molecule has 0 radical (unpaired) electrons. The van der Waals surface area contributed by atoms with Gasteiger partial charge in [0, 0.05) is 18.7 Å². The Balaban J connectivity index is 1.42. The molecule has 1 unspecified atom stereocenters. The zero-order chi connectivity index (χ0) is 23.6. The average molecular weight is 474 g/mol. The molecule has 0 saturated carbocycles. The zero-order valence-electron chi connectivity index (χ0n) is 19.6. The van der Waals surface area contributed by atoms with Crippen LogP contribution >= 0.6 is 11.3 Å². The largest absolute Gasteiger partial charge is 0.496 e. The standard InChI is InChI=1S/C24H31N3O5S/c1-24(22(28)27(23(29)25-24)13-16-7-10-33-15-16)17-5-8-26(9-6-17)14-19-20(31-3)11-18(30-2)12-21(19)32-4/h7,10-12,15,17H,5-6,8-9,13-14H2,1-4H3,(H,25,29). The average Bonchev–Trinajstić information content (AvgIpc) is 3.42. The van der Waals surface area contributed by atoms with Crippen LogP contribution in [-0.4, -0.2) is 61.7 Å². The molecule has 33 heavy (non-hydrogen) atoms. The van der Waals surface area contributed by atoms with Gasteiger partial charge in [-0.3, -0.25) is 14.6 Å². The molecule has 2 aliphatic rings. The van der Waals surface area contributed by atoms with Crippen molar-refractivity contribution in [2.45, 2.75) is 38.4 Å². The number of hydrogen-bond acceptors (Lipinski definition) is 7. The summed E-state index contributed by atoms with van der Waals surface area (Å²) in [5.74, 6) is 2.08. The Kier molecular flexibility index (Phi) is 6.81. The maximum absolute atomic E-state index is 13.3. The Hall–Kier alpha value is -2.78. The van der Waals surface area contributed by atoms with E-state index < -0.39 is 5.54 Å². The fourth-order valence-electron chi connectivity index (χ4n) is 4.83. The molecule has 1 N–H and O–H groups in total. The molecular weight excluding hydrogens is 442 g/mol. The summed E-state index contributed by atoms with van der Waals surface area (Å²) in [6.07, 6.45) is 1.63. The predicted molar refractivity (Wildman–Crippen MR) is 126 cm³/mol. The predicted octanol–water partition coefficient (Wildman–Crippen LogP) is 3.50. The van der Waals surface area contributed by atoms with Gasteiger partial charge in [-0.1, -0.05) is 0 Å². The van der Waals surface area contributed by atoms with Crippen LogP contribution in [0.3, 0.4) is 0 Å². The van der Waals surface area contributed by atoms with Gasteiger partial charge in [0.05, 0.1) is 33.4 Å². The van der Waals surface area contributed by atoms with Crippen molar-refractivity contribution in [2.75, 3.05) is 34.4 Å². The van der Waals surface area contributed by atoms with Gasteiger partial charge in [0.15, 0.2) is 0 Å². The molecular formula is C24H31N3O5S. The van der Waals surface area contributed by atoms with Crippen molar-refractivity contribution in [2.24, 2.45) is 5.92 Å². The Morgan fingerprint density at radius 1 is 1.06 bits per heavy atom. The molecule has 3 heterocycles. The van der Waals surface area contributed by atoms with Crippen LogP contribution < -0.4 is 19.5 Å². The summed E-state index contributed by atoms with van der Waals surface area (Å²) in [5.41, 5.74) is 1.08. The minimum Gasteiger partial charge on any atom is -0.496 e. The summed E-state index contributed by atoms with van der Waals surface area (Å²) in [4.78, 5) is 29.5. The summed E-state index contributed by atoms with van der Waals surface area (Å²) in [7, 11) is 4.89. The van der Waals surface area contributed by atoms with E-state index in [0.717, 1.165) is 48.6 Å². The Morgan fingerprint density at radius 3 is 2.27 bits per heavy atom. The van der Waals surface area contributed by atoms with Gasteiger partial charge in [-0.15, -0.1) is 0 Å². The number of nitrogens with one attached hydrogen (secondary N) is 1. The summed E-state index contributed by atoms with van der Waals surface area (Å²) < 4.78 is 16.5. The minimum atomic E-state index is -0.866. The second-order valence-electron chi connectivity index (χ2n) is 8.72. The first-order valence-corrected chi connectivity index (χ1v) is 12.0. The summed E-state index contributed by atoms with van der Waals surface area (Å²) in [6, 6.07) is 5.37. The molecule has 2 saturated heterocycles. The lowest BCUT2D eigenvalue weighted by Gasteiger charge is -2.39. The molecule has 0 aliphatic carbocycles. The summed E-state index contributed by atoms with van der Waals surface area (Å²) in [5, 5.41) is 6.92. The Morgan fingerprint density at radius 2 is 1.73 bits per heavy atom.